The molecule has 1 saturated heterocycles. The summed E-state index contributed by atoms with van der Waals surface area (Å²) in [5, 5.41) is 0. The molecule has 1 amide bonds. The maximum Gasteiger partial charge on any atom is 0.490 e. The lowest BCUT2D eigenvalue weighted by Crippen LogP contribution is -2.41. The van der Waals surface area contributed by atoms with Gasteiger partial charge >= 0.3 is 7.12 Å². The number of ether oxygens (including phenoxy) is 2. The molecule has 4 heterocycles. The molecule has 3 aliphatic heterocycles. The van der Waals surface area contributed by atoms with Crippen LogP contribution in [-0.4, -0.2) is 61.5 Å². The Hall–Kier alpha value is -3.11. The minimum Gasteiger partial charge on any atom is -0.497 e. The van der Waals surface area contributed by atoms with E-state index in [1.807, 2.05) is 25.1 Å². The zero-order valence-corrected chi connectivity index (χ0v) is 22.7. The highest BCUT2D eigenvalue weighted by molar-refractivity contribution is 6.54. The van der Waals surface area contributed by atoms with E-state index in [4.69, 9.17) is 18.8 Å². The fourth-order valence-corrected chi connectivity index (χ4v) is 5.08. The molecule has 1 aromatic heterocycles. The molecule has 0 spiro atoms. The van der Waals surface area contributed by atoms with Crippen molar-refractivity contribution in [2.24, 2.45) is 0 Å². The van der Waals surface area contributed by atoms with Crippen molar-refractivity contribution < 1.29 is 23.6 Å². The van der Waals surface area contributed by atoms with Gasteiger partial charge in [0.1, 0.15) is 29.5 Å². The highest BCUT2D eigenvalue weighted by atomic mass is 16.7. The minimum absolute atomic E-state index is 0.0000742. The first-order chi connectivity index (χ1) is 17.6. The monoisotopic (exact) mass is 506 g/mol. The molecule has 1 unspecified atom stereocenters. The van der Waals surface area contributed by atoms with Crippen molar-refractivity contribution in [3.05, 3.63) is 47.2 Å². The van der Waals surface area contributed by atoms with Crippen LogP contribution in [0.5, 0.6) is 11.5 Å². The van der Waals surface area contributed by atoms with Crippen LogP contribution in [0.25, 0.3) is 0 Å². The average molecular weight is 506 g/mol. The third-order valence-corrected chi connectivity index (χ3v) is 8.09. The standard InChI is InChI=1S/C27H35BN4O5/c1-17-22-23(31-12-10-19(11-13-31)28-36-26(2,3)27(4,5)37-28)29-16-30-24(22)32(25(17)33)15-18-8-9-20(34-6)14-21(18)35-7/h8-10,14,16-17H,11-13,15H2,1-7H3. The largest absolute Gasteiger partial charge is 0.497 e. The van der Waals surface area contributed by atoms with Crippen LogP contribution in [0.1, 0.15) is 58.1 Å². The maximum atomic E-state index is 13.4. The molecule has 0 bridgehead atoms. The quantitative estimate of drug-likeness (QED) is 0.546. The highest BCUT2D eigenvalue weighted by Gasteiger charge is 2.52. The number of rotatable bonds is 6. The van der Waals surface area contributed by atoms with E-state index < -0.39 is 0 Å². The van der Waals surface area contributed by atoms with Crippen molar-refractivity contribution in [2.75, 3.05) is 37.1 Å². The van der Waals surface area contributed by atoms with Gasteiger partial charge in [-0.15, -0.1) is 0 Å². The first-order valence-corrected chi connectivity index (χ1v) is 12.7. The van der Waals surface area contributed by atoms with Gasteiger partial charge in [0, 0.05) is 30.3 Å². The molecule has 3 aliphatic rings. The third-order valence-electron chi connectivity index (χ3n) is 8.09. The molecule has 37 heavy (non-hydrogen) atoms. The lowest BCUT2D eigenvalue weighted by molar-refractivity contribution is -0.119. The summed E-state index contributed by atoms with van der Waals surface area (Å²) in [6.07, 6.45) is 4.51. The number of amides is 1. The Bertz CT molecular complexity index is 1230. The topological polar surface area (TPSA) is 86.3 Å². The van der Waals surface area contributed by atoms with Crippen molar-refractivity contribution in [3.63, 3.8) is 0 Å². The molecule has 0 saturated carbocycles. The van der Waals surface area contributed by atoms with Crippen molar-refractivity contribution in [1.82, 2.24) is 9.97 Å². The Morgan fingerprint density at radius 1 is 1.08 bits per heavy atom. The van der Waals surface area contributed by atoms with Crippen LogP contribution in [0.3, 0.4) is 0 Å². The molecule has 2 aromatic rings. The van der Waals surface area contributed by atoms with Crippen LogP contribution >= 0.6 is 0 Å². The first kappa shape index (κ1) is 25.5. The summed E-state index contributed by atoms with van der Waals surface area (Å²) in [6.45, 7) is 12.0. The second-order valence-electron chi connectivity index (χ2n) is 10.8. The number of hydrogen-bond acceptors (Lipinski definition) is 8. The number of fused-ring (bicyclic) bond motifs is 1. The van der Waals surface area contributed by atoms with Crippen molar-refractivity contribution in [1.29, 1.82) is 0 Å². The number of carbonyl (C=O) groups excluding carboxylic acids is 1. The van der Waals surface area contributed by atoms with Gasteiger partial charge in [-0.2, -0.15) is 0 Å². The van der Waals surface area contributed by atoms with Crippen LogP contribution in [0.2, 0.25) is 0 Å². The molecule has 0 N–H and O–H groups in total. The van der Waals surface area contributed by atoms with Gasteiger partial charge in [-0.1, -0.05) is 6.08 Å². The van der Waals surface area contributed by atoms with E-state index >= 15 is 0 Å². The van der Waals surface area contributed by atoms with Gasteiger partial charge in [0.15, 0.2) is 0 Å². The Balaban J connectivity index is 1.38. The van der Waals surface area contributed by atoms with E-state index in [0.29, 0.717) is 30.4 Å². The summed E-state index contributed by atoms with van der Waals surface area (Å²) < 4.78 is 23.4. The smallest absolute Gasteiger partial charge is 0.490 e. The predicted molar refractivity (Wildman–Crippen MR) is 142 cm³/mol. The Kier molecular flexibility index (Phi) is 6.44. The van der Waals surface area contributed by atoms with Crippen LogP contribution in [0, 0.1) is 0 Å². The van der Waals surface area contributed by atoms with E-state index in [2.05, 4.69) is 48.6 Å². The maximum absolute atomic E-state index is 13.4. The minimum atomic E-state index is -0.366. The number of anilines is 2. The molecule has 10 heteroatoms. The average Bonchev–Trinajstić information content (AvgIpc) is 3.26. The molecule has 0 aliphatic carbocycles. The van der Waals surface area contributed by atoms with Crippen molar-refractivity contribution in [2.45, 2.75) is 64.7 Å². The van der Waals surface area contributed by atoms with E-state index in [9.17, 15) is 4.79 Å². The van der Waals surface area contributed by atoms with Crippen molar-refractivity contribution >= 4 is 24.7 Å². The number of methoxy groups -OCH3 is 2. The van der Waals surface area contributed by atoms with Crippen LogP contribution in [0.15, 0.2) is 36.1 Å². The molecule has 1 atom stereocenters. The molecule has 9 nitrogen and oxygen atoms in total. The molecule has 5 rings (SSSR count). The highest BCUT2D eigenvalue weighted by Crippen LogP contribution is 2.43. The van der Waals surface area contributed by atoms with E-state index in [-0.39, 0.29) is 30.1 Å². The van der Waals surface area contributed by atoms with E-state index in [1.54, 1.807) is 25.4 Å². The SMILES string of the molecule is COc1ccc(CN2C(=O)C(C)c3c(N4CC=C(B5OC(C)(C)C(C)(C)O5)CC4)ncnc32)c(OC)c1. The number of hydrogen-bond donors (Lipinski definition) is 0. The molecule has 1 fully saturated rings. The number of aromatic nitrogens is 2. The van der Waals surface area contributed by atoms with E-state index in [1.165, 1.54) is 0 Å². The summed E-state index contributed by atoms with van der Waals surface area (Å²) in [6, 6.07) is 5.61. The van der Waals surface area contributed by atoms with Gasteiger partial charge in [0.05, 0.1) is 37.9 Å². The second kappa shape index (κ2) is 9.33. The van der Waals surface area contributed by atoms with Gasteiger partial charge < -0.3 is 23.7 Å². The number of nitrogens with zero attached hydrogens (tertiary/aromatic N) is 4. The molecular weight excluding hydrogens is 471 g/mol. The third kappa shape index (κ3) is 4.36. The van der Waals surface area contributed by atoms with E-state index in [0.717, 1.165) is 35.4 Å². The molecular formula is C27H35BN4O5. The Morgan fingerprint density at radius 3 is 2.41 bits per heavy atom. The van der Waals surface area contributed by atoms with Gasteiger partial charge in [-0.05, 0) is 58.6 Å². The first-order valence-electron chi connectivity index (χ1n) is 12.7. The summed E-state index contributed by atoms with van der Waals surface area (Å²) in [5.74, 6) is 2.48. The predicted octanol–water partition coefficient (Wildman–Crippen LogP) is 3.91. The summed E-state index contributed by atoms with van der Waals surface area (Å²) in [5.41, 5.74) is 2.17. The molecule has 196 valence electrons. The van der Waals surface area contributed by atoms with Gasteiger partial charge in [0.25, 0.3) is 0 Å². The normalized spacial score (nSPS) is 22.2. The Morgan fingerprint density at radius 2 is 1.78 bits per heavy atom. The van der Waals surface area contributed by atoms with Crippen LogP contribution < -0.4 is 19.3 Å². The zero-order chi connectivity index (χ0) is 26.5. The Labute approximate surface area is 218 Å². The summed E-state index contributed by atoms with van der Waals surface area (Å²) >= 11 is 0. The lowest BCUT2D eigenvalue weighted by atomic mass is 9.74. The number of carbonyl (C=O) groups is 1. The van der Waals surface area contributed by atoms with Crippen LogP contribution in [-0.2, 0) is 20.6 Å². The van der Waals surface area contributed by atoms with Gasteiger partial charge in [-0.25, -0.2) is 9.97 Å². The molecule has 1 aromatic carbocycles. The fraction of sp³-hybridized carbons (Fsp3) is 0.519. The van der Waals surface area contributed by atoms with Crippen LogP contribution in [0.4, 0.5) is 11.6 Å². The van der Waals surface area contributed by atoms with Gasteiger partial charge in [0.2, 0.25) is 5.91 Å². The lowest BCUT2D eigenvalue weighted by Gasteiger charge is -2.32. The van der Waals surface area contributed by atoms with Gasteiger partial charge in [-0.3, -0.25) is 9.69 Å². The summed E-state index contributed by atoms with van der Waals surface area (Å²) in [7, 11) is 2.89. The fourth-order valence-electron chi connectivity index (χ4n) is 5.08. The zero-order valence-electron chi connectivity index (χ0n) is 22.7. The number of benzene rings is 1. The molecule has 0 radical (unpaired) electrons. The second-order valence-corrected chi connectivity index (χ2v) is 10.8. The van der Waals surface area contributed by atoms with Crippen molar-refractivity contribution in [3.8, 4) is 11.5 Å². The summed E-state index contributed by atoms with van der Waals surface area (Å²) in [4.78, 5) is 26.5.